The lowest BCUT2D eigenvalue weighted by Gasteiger charge is -2.22. The van der Waals surface area contributed by atoms with Crippen molar-refractivity contribution in [1.82, 2.24) is 10.6 Å². The second kappa shape index (κ2) is 8.97. The number of hydrogen-bond donors (Lipinski definition) is 2. The van der Waals surface area contributed by atoms with Crippen LogP contribution in [0, 0.1) is 5.92 Å². The Morgan fingerprint density at radius 1 is 0.812 bits per heavy atom. The molecule has 16 heavy (non-hydrogen) atoms. The molecule has 0 heterocycles. The van der Waals surface area contributed by atoms with E-state index in [2.05, 4.69) is 52.2 Å². The van der Waals surface area contributed by atoms with Gasteiger partial charge in [-0.25, -0.2) is 0 Å². The molecule has 0 aliphatic carbocycles. The van der Waals surface area contributed by atoms with Crippen molar-refractivity contribution in [2.75, 3.05) is 19.7 Å². The Hall–Kier alpha value is -0.120. The predicted molar refractivity (Wildman–Crippen MR) is 70.9 cm³/mol. The summed E-state index contributed by atoms with van der Waals surface area (Å²) in [6, 6.07) is 1.08. The summed E-state index contributed by atoms with van der Waals surface area (Å²) in [5, 5.41) is 6.95. The van der Waals surface area contributed by atoms with Gasteiger partial charge in [0.25, 0.3) is 0 Å². The van der Waals surface area contributed by atoms with Gasteiger partial charge in [0.05, 0.1) is 12.7 Å². The van der Waals surface area contributed by atoms with Gasteiger partial charge >= 0.3 is 0 Å². The molecule has 3 heteroatoms. The van der Waals surface area contributed by atoms with Crippen LogP contribution >= 0.6 is 0 Å². The van der Waals surface area contributed by atoms with Crippen molar-refractivity contribution in [2.45, 2.75) is 59.7 Å². The molecule has 2 N–H and O–H groups in total. The van der Waals surface area contributed by atoms with Crippen LogP contribution in [0.2, 0.25) is 0 Å². The highest BCUT2D eigenvalue weighted by molar-refractivity contribution is 4.68. The van der Waals surface area contributed by atoms with Gasteiger partial charge in [0.15, 0.2) is 0 Å². The number of hydrogen-bond acceptors (Lipinski definition) is 3. The zero-order chi connectivity index (χ0) is 12.6. The maximum atomic E-state index is 5.69. The minimum absolute atomic E-state index is 0.320. The van der Waals surface area contributed by atoms with E-state index >= 15 is 0 Å². The van der Waals surface area contributed by atoms with E-state index in [4.69, 9.17) is 4.74 Å². The average Bonchev–Trinajstić information content (AvgIpc) is 2.15. The molecule has 0 aromatic carbocycles. The average molecular weight is 230 g/mol. The van der Waals surface area contributed by atoms with Crippen molar-refractivity contribution >= 4 is 0 Å². The van der Waals surface area contributed by atoms with E-state index in [1.165, 1.54) is 0 Å². The molecule has 0 fully saturated rings. The van der Waals surface area contributed by atoms with Crippen molar-refractivity contribution < 1.29 is 4.74 Å². The highest BCUT2D eigenvalue weighted by Crippen LogP contribution is 1.99. The fourth-order valence-electron chi connectivity index (χ4n) is 1.32. The lowest BCUT2D eigenvalue weighted by Crippen LogP contribution is -2.39. The lowest BCUT2D eigenvalue weighted by molar-refractivity contribution is 0.0501. The van der Waals surface area contributed by atoms with Gasteiger partial charge in [-0.3, -0.25) is 0 Å². The number of nitrogens with one attached hydrogen (secondary N) is 2. The Bertz CT molecular complexity index is 129. The molecule has 0 aliphatic heterocycles. The normalized spacial score (nSPS) is 12.4. The highest BCUT2D eigenvalue weighted by atomic mass is 16.5. The summed E-state index contributed by atoms with van der Waals surface area (Å²) in [5.41, 5.74) is 0. The van der Waals surface area contributed by atoms with Gasteiger partial charge < -0.3 is 15.4 Å². The third-order valence-corrected chi connectivity index (χ3v) is 2.29. The van der Waals surface area contributed by atoms with Gasteiger partial charge in [0.1, 0.15) is 0 Å². The largest absolute Gasteiger partial charge is 0.378 e. The Morgan fingerprint density at radius 3 is 1.56 bits per heavy atom. The van der Waals surface area contributed by atoms with E-state index in [1.807, 2.05) is 0 Å². The van der Waals surface area contributed by atoms with Crippen molar-refractivity contribution in [3.05, 3.63) is 0 Å². The zero-order valence-corrected chi connectivity index (χ0v) is 11.8. The quantitative estimate of drug-likeness (QED) is 0.636. The van der Waals surface area contributed by atoms with Gasteiger partial charge in [0, 0.05) is 31.1 Å². The summed E-state index contributed by atoms with van der Waals surface area (Å²) >= 11 is 0. The van der Waals surface area contributed by atoms with E-state index in [0.29, 0.717) is 24.1 Å². The molecule has 0 aliphatic rings. The van der Waals surface area contributed by atoms with Crippen LogP contribution < -0.4 is 10.6 Å². The van der Waals surface area contributed by atoms with Crippen molar-refractivity contribution in [2.24, 2.45) is 5.92 Å². The summed E-state index contributed by atoms with van der Waals surface area (Å²) in [4.78, 5) is 0. The first-order valence-electron chi connectivity index (χ1n) is 6.50. The molecule has 3 nitrogen and oxygen atoms in total. The van der Waals surface area contributed by atoms with Crippen LogP contribution in [0.3, 0.4) is 0 Å². The topological polar surface area (TPSA) is 33.3 Å². The minimum atomic E-state index is 0.320. The molecule has 0 bridgehead atoms. The lowest BCUT2D eigenvalue weighted by atomic mass is 10.1. The highest BCUT2D eigenvalue weighted by Gasteiger charge is 2.11. The summed E-state index contributed by atoms with van der Waals surface area (Å²) in [6.45, 7) is 15.7. The fourth-order valence-corrected chi connectivity index (χ4v) is 1.32. The van der Waals surface area contributed by atoms with Gasteiger partial charge in [-0.1, -0.05) is 27.7 Å². The molecule has 0 aromatic rings. The van der Waals surface area contributed by atoms with E-state index in [1.54, 1.807) is 0 Å². The van der Waals surface area contributed by atoms with E-state index < -0.39 is 0 Å². The Labute approximate surface area is 101 Å². The Morgan fingerprint density at radius 2 is 1.25 bits per heavy atom. The first kappa shape index (κ1) is 15.9. The molecular formula is C13H30N2O. The van der Waals surface area contributed by atoms with E-state index in [-0.39, 0.29) is 0 Å². The second-order valence-corrected chi connectivity index (χ2v) is 5.37. The molecule has 0 amide bonds. The summed E-state index contributed by atoms with van der Waals surface area (Å²) in [7, 11) is 0. The first-order valence-corrected chi connectivity index (χ1v) is 6.50. The summed E-state index contributed by atoms with van der Waals surface area (Å²) < 4.78 is 5.69. The molecule has 0 atom stereocenters. The fraction of sp³-hybridized carbons (Fsp3) is 1.00. The van der Waals surface area contributed by atoms with Crippen LogP contribution in [-0.2, 0) is 4.74 Å². The minimum Gasteiger partial charge on any atom is -0.378 e. The van der Waals surface area contributed by atoms with Crippen LogP contribution in [0.4, 0.5) is 0 Å². The maximum Gasteiger partial charge on any atom is 0.0522 e. The molecule has 0 spiro atoms. The first-order chi connectivity index (χ1) is 7.41. The third kappa shape index (κ3) is 10.4. The van der Waals surface area contributed by atoms with Gasteiger partial charge in [0.2, 0.25) is 0 Å². The Kier molecular flexibility index (Phi) is 8.90. The number of ether oxygens (including phenoxy) is 1. The van der Waals surface area contributed by atoms with Gasteiger partial charge in [-0.15, -0.1) is 0 Å². The van der Waals surface area contributed by atoms with Crippen LogP contribution in [-0.4, -0.2) is 37.9 Å². The SMILES string of the molecule is CC(C)NCC(CNC(C)C)COC(C)C. The van der Waals surface area contributed by atoms with Gasteiger partial charge in [-0.2, -0.15) is 0 Å². The Balaban J connectivity index is 3.85. The third-order valence-electron chi connectivity index (χ3n) is 2.29. The molecule has 0 saturated heterocycles. The predicted octanol–water partition coefficient (Wildman–Crippen LogP) is 2.02. The van der Waals surface area contributed by atoms with Crippen LogP contribution in [0.15, 0.2) is 0 Å². The maximum absolute atomic E-state index is 5.69. The molecule has 0 aromatic heterocycles. The molecule has 0 rings (SSSR count). The summed E-state index contributed by atoms with van der Waals surface area (Å²) in [5.74, 6) is 0.548. The van der Waals surface area contributed by atoms with E-state index in [0.717, 1.165) is 19.7 Å². The summed E-state index contributed by atoms with van der Waals surface area (Å²) in [6.07, 6.45) is 0.320. The van der Waals surface area contributed by atoms with Crippen molar-refractivity contribution in [1.29, 1.82) is 0 Å². The molecule has 98 valence electrons. The zero-order valence-electron chi connectivity index (χ0n) is 11.8. The standard InChI is InChI=1S/C13H30N2O/c1-10(2)14-7-13(8-15-11(3)4)9-16-12(5)6/h10-15H,7-9H2,1-6H3. The second-order valence-electron chi connectivity index (χ2n) is 5.37. The molecule has 0 unspecified atom stereocenters. The van der Waals surface area contributed by atoms with Crippen LogP contribution in [0.5, 0.6) is 0 Å². The van der Waals surface area contributed by atoms with Crippen LogP contribution in [0.1, 0.15) is 41.5 Å². The van der Waals surface area contributed by atoms with Crippen LogP contribution in [0.25, 0.3) is 0 Å². The molecule has 0 radical (unpaired) electrons. The smallest absolute Gasteiger partial charge is 0.0522 e. The van der Waals surface area contributed by atoms with E-state index in [9.17, 15) is 0 Å². The number of rotatable bonds is 9. The van der Waals surface area contributed by atoms with Crippen molar-refractivity contribution in [3.63, 3.8) is 0 Å². The molecular weight excluding hydrogens is 200 g/mol. The molecule has 0 saturated carbocycles. The van der Waals surface area contributed by atoms with Crippen molar-refractivity contribution in [3.8, 4) is 0 Å². The van der Waals surface area contributed by atoms with Gasteiger partial charge in [-0.05, 0) is 13.8 Å². The monoisotopic (exact) mass is 230 g/mol.